The molecule has 182 valence electrons. The minimum Gasteiger partial charge on any atom is -0.384 e. The molecule has 0 saturated carbocycles. The van der Waals surface area contributed by atoms with Gasteiger partial charge in [0.2, 0.25) is 21.8 Å². The second-order valence-electron chi connectivity index (χ2n) is 8.27. The van der Waals surface area contributed by atoms with E-state index in [1.54, 1.807) is 21.9 Å². The second-order valence-corrected chi connectivity index (χ2v) is 9.96. The van der Waals surface area contributed by atoms with E-state index in [4.69, 9.17) is 11.5 Å². The Morgan fingerprint density at radius 3 is 2.55 bits per heavy atom. The van der Waals surface area contributed by atoms with E-state index in [1.165, 1.54) is 6.92 Å². The maximum Gasteiger partial charge on any atom is 0.243 e. The Bertz CT molecular complexity index is 1000. The van der Waals surface area contributed by atoms with Crippen LogP contribution in [0.15, 0.2) is 28.1 Å². The van der Waals surface area contributed by atoms with Crippen LogP contribution < -0.4 is 21.5 Å². The average molecular weight is 480 g/mol. The number of para-hydroxylation sites is 1. The third-order valence-electron chi connectivity index (χ3n) is 5.90. The second kappa shape index (κ2) is 10.8. The molecule has 0 radical (unpaired) electrons. The SMILES string of the molecule is CC(=O)N1CCN(C(=O)[C@H](CCCN=C(N)N)NS(=O)(=O)c2cccc3c2NCCC3)CC1. The summed E-state index contributed by atoms with van der Waals surface area (Å²) >= 11 is 0. The first kappa shape index (κ1) is 24.8. The van der Waals surface area contributed by atoms with Crippen LogP contribution in [0.2, 0.25) is 0 Å². The van der Waals surface area contributed by atoms with Gasteiger partial charge >= 0.3 is 0 Å². The maximum atomic E-state index is 13.3. The highest BCUT2D eigenvalue weighted by Crippen LogP contribution is 2.29. The Morgan fingerprint density at radius 2 is 1.88 bits per heavy atom. The van der Waals surface area contributed by atoms with Gasteiger partial charge in [0.25, 0.3) is 0 Å². The smallest absolute Gasteiger partial charge is 0.243 e. The van der Waals surface area contributed by atoms with Crippen molar-refractivity contribution in [1.82, 2.24) is 14.5 Å². The highest BCUT2D eigenvalue weighted by atomic mass is 32.2. The van der Waals surface area contributed by atoms with E-state index in [2.05, 4.69) is 15.0 Å². The van der Waals surface area contributed by atoms with Crippen LogP contribution in [0.25, 0.3) is 0 Å². The molecule has 11 nitrogen and oxygen atoms in total. The number of nitrogens with two attached hydrogens (primary N) is 2. The molecule has 2 aliphatic heterocycles. The van der Waals surface area contributed by atoms with E-state index in [-0.39, 0.29) is 35.6 Å². The zero-order valence-corrected chi connectivity index (χ0v) is 19.7. The summed E-state index contributed by atoms with van der Waals surface area (Å²) in [6.45, 7) is 4.02. The van der Waals surface area contributed by atoms with Gasteiger partial charge in [-0.15, -0.1) is 0 Å². The number of hydrogen-bond acceptors (Lipinski definition) is 6. The molecule has 33 heavy (non-hydrogen) atoms. The van der Waals surface area contributed by atoms with Crippen molar-refractivity contribution in [2.75, 3.05) is 44.6 Å². The number of aliphatic imine (C=N–C) groups is 1. The lowest BCUT2D eigenvalue weighted by molar-refractivity contribution is -0.139. The number of benzene rings is 1. The lowest BCUT2D eigenvalue weighted by Crippen LogP contribution is -2.55. The highest BCUT2D eigenvalue weighted by molar-refractivity contribution is 7.89. The predicted molar refractivity (Wildman–Crippen MR) is 126 cm³/mol. The molecule has 0 aliphatic carbocycles. The van der Waals surface area contributed by atoms with Crippen LogP contribution in [0.5, 0.6) is 0 Å². The number of piperazine rings is 1. The van der Waals surface area contributed by atoms with Gasteiger partial charge in [-0.2, -0.15) is 4.72 Å². The van der Waals surface area contributed by atoms with Crippen molar-refractivity contribution < 1.29 is 18.0 Å². The first-order chi connectivity index (χ1) is 15.7. The molecule has 2 heterocycles. The molecule has 1 saturated heterocycles. The molecule has 1 aromatic rings. The molecule has 2 aliphatic rings. The number of fused-ring (bicyclic) bond motifs is 1. The summed E-state index contributed by atoms with van der Waals surface area (Å²) in [5.74, 6) is -0.414. The molecule has 0 bridgehead atoms. The van der Waals surface area contributed by atoms with Gasteiger partial charge in [0.05, 0.1) is 5.69 Å². The molecule has 1 aromatic carbocycles. The number of amides is 2. The molecule has 2 amide bonds. The number of hydrogen-bond donors (Lipinski definition) is 4. The van der Waals surface area contributed by atoms with Crippen molar-refractivity contribution in [2.45, 2.75) is 43.5 Å². The Labute approximate surface area is 194 Å². The van der Waals surface area contributed by atoms with E-state index in [1.807, 2.05) is 6.07 Å². The molecular formula is C21H33N7O4S. The van der Waals surface area contributed by atoms with Crippen molar-refractivity contribution >= 4 is 33.5 Å². The van der Waals surface area contributed by atoms with Crippen LogP contribution in [0.1, 0.15) is 31.7 Å². The Hall–Kier alpha value is -2.86. The largest absolute Gasteiger partial charge is 0.384 e. The number of aryl methyl sites for hydroxylation is 1. The predicted octanol–water partition coefficient (Wildman–Crippen LogP) is -0.564. The number of carbonyl (C=O) groups is 2. The molecule has 0 aromatic heterocycles. The van der Waals surface area contributed by atoms with Gasteiger partial charge in [-0.25, -0.2) is 8.42 Å². The number of nitrogens with zero attached hydrogens (tertiary/aromatic N) is 3. The third kappa shape index (κ3) is 6.35. The van der Waals surface area contributed by atoms with Gasteiger partial charge in [-0.1, -0.05) is 12.1 Å². The molecule has 6 N–H and O–H groups in total. The van der Waals surface area contributed by atoms with E-state index < -0.39 is 16.1 Å². The number of anilines is 1. The van der Waals surface area contributed by atoms with Crippen LogP contribution in [0.3, 0.4) is 0 Å². The quantitative estimate of drug-likeness (QED) is 0.220. The summed E-state index contributed by atoms with van der Waals surface area (Å²) in [5, 5.41) is 3.19. The Morgan fingerprint density at radius 1 is 1.18 bits per heavy atom. The Balaban J connectivity index is 1.78. The van der Waals surface area contributed by atoms with Crippen molar-refractivity contribution in [3.8, 4) is 0 Å². The molecule has 0 unspecified atom stereocenters. The summed E-state index contributed by atoms with van der Waals surface area (Å²) in [5.41, 5.74) is 12.3. The normalized spacial score (nSPS) is 17.0. The van der Waals surface area contributed by atoms with Crippen molar-refractivity contribution in [2.24, 2.45) is 16.5 Å². The number of carbonyl (C=O) groups excluding carboxylic acids is 2. The van der Waals surface area contributed by atoms with Gasteiger partial charge < -0.3 is 26.6 Å². The topological polar surface area (TPSA) is 163 Å². The van der Waals surface area contributed by atoms with Crippen molar-refractivity contribution in [1.29, 1.82) is 0 Å². The third-order valence-corrected chi connectivity index (χ3v) is 7.42. The number of rotatable bonds is 8. The Kier molecular flexibility index (Phi) is 8.14. The molecule has 1 fully saturated rings. The van der Waals surface area contributed by atoms with Crippen molar-refractivity contribution in [3.05, 3.63) is 23.8 Å². The lowest BCUT2D eigenvalue weighted by Gasteiger charge is -2.36. The molecule has 12 heteroatoms. The molecular weight excluding hydrogens is 446 g/mol. The molecule has 1 atom stereocenters. The number of guanidine groups is 1. The van der Waals surface area contributed by atoms with Crippen molar-refractivity contribution in [3.63, 3.8) is 0 Å². The van der Waals surface area contributed by atoms with Crippen LogP contribution in [-0.4, -0.2) is 81.3 Å². The summed E-state index contributed by atoms with van der Waals surface area (Å²) in [4.78, 5) is 32.2. The minimum atomic E-state index is -3.97. The summed E-state index contributed by atoms with van der Waals surface area (Å²) in [6, 6.07) is 4.21. The summed E-state index contributed by atoms with van der Waals surface area (Å²) in [6.07, 6.45) is 2.40. The molecule has 3 rings (SSSR count). The van der Waals surface area contributed by atoms with Crippen LogP contribution >= 0.6 is 0 Å². The minimum absolute atomic E-state index is 0.0436. The maximum absolute atomic E-state index is 13.3. The van der Waals surface area contributed by atoms with Gasteiger partial charge in [0.1, 0.15) is 10.9 Å². The first-order valence-corrected chi connectivity index (χ1v) is 12.6. The van der Waals surface area contributed by atoms with Gasteiger partial charge in [0.15, 0.2) is 5.96 Å². The van der Waals surface area contributed by atoms with E-state index in [9.17, 15) is 18.0 Å². The van der Waals surface area contributed by atoms with E-state index >= 15 is 0 Å². The van der Waals surface area contributed by atoms with E-state index in [0.717, 1.165) is 18.4 Å². The average Bonchev–Trinajstić information content (AvgIpc) is 2.80. The number of sulfonamides is 1. The fourth-order valence-electron chi connectivity index (χ4n) is 4.15. The fraction of sp³-hybridized carbons (Fsp3) is 0.571. The van der Waals surface area contributed by atoms with Crippen LogP contribution in [0, 0.1) is 0 Å². The zero-order valence-electron chi connectivity index (χ0n) is 18.9. The van der Waals surface area contributed by atoms with E-state index in [0.29, 0.717) is 44.8 Å². The molecule has 0 spiro atoms. The lowest BCUT2D eigenvalue weighted by atomic mass is 10.0. The fourth-order valence-corrected chi connectivity index (χ4v) is 5.60. The van der Waals surface area contributed by atoms with Gasteiger partial charge in [-0.05, 0) is 37.3 Å². The number of nitrogens with one attached hydrogen (secondary N) is 2. The zero-order chi connectivity index (χ0) is 24.0. The summed E-state index contributed by atoms with van der Waals surface area (Å²) in [7, 11) is -3.97. The van der Waals surface area contributed by atoms with Crippen LogP contribution in [-0.2, 0) is 26.0 Å². The monoisotopic (exact) mass is 479 g/mol. The van der Waals surface area contributed by atoms with Crippen LogP contribution in [0.4, 0.5) is 5.69 Å². The highest BCUT2D eigenvalue weighted by Gasteiger charge is 2.32. The standard InChI is InChI=1S/C21H33N7O4S/c1-15(29)27-11-13-28(14-12-27)20(30)17(7-4-10-25-21(22)23)26-33(31,32)18-8-2-5-16-6-3-9-24-19(16)18/h2,5,8,17,24,26H,3-4,6-7,9-14H2,1H3,(H4,22,23,25)/t17-/m0/s1. The van der Waals surface area contributed by atoms with Gasteiger partial charge in [0, 0.05) is 46.2 Å². The summed E-state index contributed by atoms with van der Waals surface area (Å²) < 4.78 is 29.3. The van der Waals surface area contributed by atoms with Gasteiger partial charge in [-0.3, -0.25) is 14.6 Å². The first-order valence-electron chi connectivity index (χ1n) is 11.2.